The monoisotopic (exact) mass is 1070 g/mol. The van der Waals surface area contributed by atoms with Crippen molar-refractivity contribution in [2.75, 3.05) is 7.11 Å². The second kappa shape index (κ2) is 22.8. The van der Waals surface area contributed by atoms with Crippen LogP contribution in [0.4, 0.5) is 0 Å². The second-order valence-corrected chi connectivity index (χ2v) is 47.1. The zero-order valence-electron chi connectivity index (χ0n) is 30.8. The number of ether oxygens (including phenoxy) is 1. The van der Waals surface area contributed by atoms with E-state index in [-0.39, 0.29) is 43.0 Å². The maximum Gasteiger partial charge on any atom is 0.494 e. The van der Waals surface area contributed by atoms with Gasteiger partial charge >= 0.3 is 13.1 Å². The number of aryl methyl sites for hydroxylation is 3. The zero-order valence-corrected chi connectivity index (χ0v) is 45.6. The van der Waals surface area contributed by atoms with Gasteiger partial charge in [0.2, 0.25) is 0 Å². The molecule has 1 aliphatic heterocycles. The van der Waals surface area contributed by atoms with Gasteiger partial charge in [-0.2, -0.15) is 0 Å². The Morgan fingerprint density at radius 1 is 0.962 bits per heavy atom. The molecule has 52 heavy (non-hydrogen) atoms. The maximum atomic E-state index is 12.0. The molecule has 1 saturated heterocycles. The van der Waals surface area contributed by atoms with Crippen LogP contribution in [-0.4, -0.2) is 39.8 Å². The van der Waals surface area contributed by atoms with Crippen LogP contribution < -0.4 is 5.46 Å². The van der Waals surface area contributed by atoms with Crippen LogP contribution in [-0.2, 0) is 38.6 Å². The van der Waals surface area contributed by atoms with E-state index in [1.807, 2.05) is 90.9 Å². The standard InChI is InChI=1S/C17H25BO4.C9H11ClO2S.C5H3Br2ClS.H10P8/c1-15(2,14(19)20-7)12-9-8-10-13(11-12)18-21-16(3,4)17(5,6)22-18;1-6-4-7(2)9(8(3)5-6)13(10,11)12;6-2-4-3(8)1-5(7)9-4;1-6(2)8(5)7(3)4/h8-11H,1-7H3;4-5H,1-3H3;1H,2H2;1-5H2. The highest BCUT2D eigenvalue weighted by molar-refractivity contribution is 9.11. The first-order valence-electron chi connectivity index (χ1n) is 15.3. The number of alkyl halides is 1. The van der Waals surface area contributed by atoms with Gasteiger partial charge in [-0.25, -0.2) is 8.42 Å². The first kappa shape index (κ1) is 52.5. The minimum Gasteiger partial charge on any atom is -0.468 e. The smallest absolute Gasteiger partial charge is 0.468 e. The summed E-state index contributed by atoms with van der Waals surface area (Å²) in [5.41, 5.74) is 2.75. The van der Waals surface area contributed by atoms with Crippen molar-refractivity contribution >= 4 is 159 Å². The first-order valence-corrected chi connectivity index (χ1v) is 34.3. The Labute approximate surface area is 357 Å². The number of carbonyl (C=O) groups is 1. The van der Waals surface area contributed by atoms with Gasteiger partial charge in [0.1, 0.15) is 0 Å². The van der Waals surface area contributed by atoms with Crippen LogP contribution in [0, 0.1) is 20.8 Å². The maximum absolute atomic E-state index is 12.0. The Morgan fingerprint density at radius 3 is 1.77 bits per heavy atom. The van der Waals surface area contributed by atoms with E-state index in [0.29, 0.717) is 11.1 Å². The highest BCUT2D eigenvalue weighted by Gasteiger charge is 2.51. The lowest BCUT2D eigenvalue weighted by Crippen LogP contribution is -2.41. The van der Waals surface area contributed by atoms with Crippen molar-refractivity contribution in [1.29, 1.82) is 0 Å². The van der Waals surface area contributed by atoms with Crippen molar-refractivity contribution < 1.29 is 27.3 Å². The number of esters is 1. The molecule has 0 amide bonds. The fourth-order valence-corrected chi connectivity index (χ4v) is 37.8. The number of hydrogen-bond donors (Lipinski definition) is 0. The Balaban J connectivity index is 0.000000382. The number of hydrogen-bond acceptors (Lipinski definition) is 7. The number of benzene rings is 2. The van der Waals surface area contributed by atoms with Crippen LogP contribution in [0.3, 0.4) is 0 Å². The zero-order chi connectivity index (χ0) is 40.6. The van der Waals surface area contributed by atoms with Gasteiger partial charge in [0.15, 0.2) is 0 Å². The van der Waals surface area contributed by atoms with Gasteiger partial charge in [0, 0.05) is 20.9 Å². The van der Waals surface area contributed by atoms with E-state index >= 15 is 0 Å². The fraction of sp³-hybridized carbons (Fsp3) is 0.452. The normalized spacial score (nSPS) is 15.0. The number of thiophene rings is 1. The molecule has 2 aromatic carbocycles. The van der Waals surface area contributed by atoms with E-state index in [9.17, 15) is 13.2 Å². The highest BCUT2D eigenvalue weighted by atomic mass is 79.9. The van der Waals surface area contributed by atoms with Crippen molar-refractivity contribution in [1.82, 2.24) is 0 Å². The quantitative estimate of drug-likeness (QED) is 0.0771. The lowest BCUT2D eigenvalue weighted by molar-refractivity contribution is -0.146. The molecule has 6 nitrogen and oxygen atoms in total. The van der Waals surface area contributed by atoms with Crippen molar-refractivity contribution in [3.63, 3.8) is 0 Å². The molecular weight excluding hydrogens is 1020 g/mol. The largest absolute Gasteiger partial charge is 0.494 e. The van der Waals surface area contributed by atoms with Gasteiger partial charge in [0.05, 0.1) is 37.4 Å². The molecule has 3 aromatic rings. The molecular formula is C31H49BBr2Cl2O6P8S2. The van der Waals surface area contributed by atoms with E-state index in [4.69, 9.17) is 36.3 Å². The number of carbonyl (C=O) groups excluding carboxylic acids is 1. The number of rotatable bonds is 7. The fourth-order valence-electron chi connectivity index (χ4n) is 4.56. The third-order valence-corrected chi connectivity index (χ3v) is 50.5. The summed E-state index contributed by atoms with van der Waals surface area (Å²) in [6.07, 6.45) is 0. The lowest BCUT2D eigenvalue weighted by atomic mass is 9.75. The van der Waals surface area contributed by atoms with E-state index in [1.165, 1.54) is 12.0 Å². The molecule has 21 heteroatoms. The summed E-state index contributed by atoms with van der Waals surface area (Å²) < 4.78 is 40.4. The molecule has 1 aromatic heterocycles. The third-order valence-electron chi connectivity index (χ3n) is 8.00. The average Bonchev–Trinajstić information content (AvgIpc) is 3.46. The Morgan fingerprint density at radius 2 is 1.44 bits per heavy atom. The summed E-state index contributed by atoms with van der Waals surface area (Å²) in [4.78, 5) is 13.4. The summed E-state index contributed by atoms with van der Waals surface area (Å²) >= 11 is 14.1. The lowest BCUT2D eigenvalue weighted by Gasteiger charge is -2.32. The van der Waals surface area contributed by atoms with Gasteiger partial charge in [0.25, 0.3) is 9.05 Å². The molecule has 0 spiro atoms. The van der Waals surface area contributed by atoms with Gasteiger partial charge in [-0.3, -0.25) is 4.79 Å². The molecule has 0 N–H and O–H groups in total. The minimum absolute atomic E-state index is 0.147. The summed E-state index contributed by atoms with van der Waals surface area (Å²) in [6, 6.07) is 13.3. The highest BCUT2D eigenvalue weighted by Crippen LogP contribution is 3.00. The molecule has 0 bridgehead atoms. The Hall–Kier alpha value is 2.52. The van der Waals surface area contributed by atoms with Crippen molar-refractivity contribution in [2.24, 2.45) is 0 Å². The van der Waals surface area contributed by atoms with Crippen LogP contribution in [0.25, 0.3) is 0 Å². The molecule has 1 fully saturated rings. The van der Waals surface area contributed by atoms with Gasteiger partial charge in [-0.05, 0) is 127 Å². The van der Waals surface area contributed by atoms with Crippen molar-refractivity contribution in [3.05, 3.63) is 78.4 Å². The van der Waals surface area contributed by atoms with E-state index in [0.717, 1.165) is 30.7 Å². The van der Waals surface area contributed by atoms with Crippen LogP contribution in [0.1, 0.15) is 68.7 Å². The SMILES string of the molecule is COC(=O)C(C)(C)c1cccc(B2OC(C)(C)C(C)(C)O2)c1.Cc1cc(C)c(S(=O)(=O)Cl)c(C)c1.Clc1cc(Br)sc1CBr.PP(P)P(P)P(P)P. The molecule has 1 aliphatic rings. The second-order valence-electron chi connectivity index (χ2n) is 13.0. The van der Waals surface area contributed by atoms with Gasteiger partial charge < -0.3 is 14.0 Å². The topological polar surface area (TPSA) is 78.9 Å². The predicted molar refractivity (Wildman–Crippen MR) is 260 cm³/mol. The summed E-state index contributed by atoms with van der Waals surface area (Å²) in [5, 5.41) is 1.67. The van der Waals surface area contributed by atoms with Crippen LogP contribution >= 0.6 is 131 Å². The van der Waals surface area contributed by atoms with Gasteiger partial charge in [-0.15, -0.1) is 56.0 Å². The average molecular weight is 1070 g/mol. The number of halogens is 4. The van der Waals surface area contributed by atoms with Gasteiger partial charge in [-0.1, -0.05) is 69.5 Å². The van der Waals surface area contributed by atoms with E-state index in [2.05, 4.69) is 76.5 Å². The van der Waals surface area contributed by atoms with Crippen LogP contribution in [0.15, 0.2) is 51.1 Å². The summed E-state index contributed by atoms with van der Waals surface area (Å²) in [7, 11) is 17.1. The molecule has 292 valence electrons. The predicted octanol–water partition coefficient (Wildman–Crippen LogP) is 13.2. The Bertz CT molecular complexity index is 1720. The molecule has 5 unspecified atom stereocenters. The molecule has 4 rings (SSSR count). The van der Waals surface area contributed by atoms with E-state index < -0.39 is 21.6 Å². The Kier molecular flexibility index (Phi) is 23.0. The molecule has 5 atom stereocenters. The molecule has 0 saturated carbocycles. The molecule has 0 radical (unpaired) electrons. The minimum atomic E-state index is -3.61. The summed E-state index contributed by atoms with van der Waals surface area (Å²) in [5.74, 6) is -0.265. The van der Waals surface area contributed by atoms with E-state index in [1.54, 1.807) is 25.2 Å². The van der Waals surface area contributed by atoms with Crippen LogP contribution in [0.5, 0.6) is 0 Å². The van der Waals surface area contributed by atoms with Crippen molar-refractivity contribution in [2.45, 2.75) is 89.2 Å². The third kappa shape index (κ3) is 15.9. The molecule has 0 aliphatic carbocycles. The summed E-state index contributed by atoms with van der Waals surface area (Å²) in [6.45, 7) is 17.7. The number of methoxy groups -OCH3 is 1. The molecule has 2 heterocycles. The first-order chi connectivity index (χ1) is 23.6. The van der Waals surface area contributed by atoms with Crippen LogP contribution in [0.2, 0.25) is 5.02 Å². The van der Waals surface area contributed by atoms with Crippen molar-refractivity contribution in [3.8, 4) is 0 Å².